The molecule has 0 aromatic heterocycles. The number of rotatable bonds is 3. The summed E-state index contributed by atoms with van der Waals surface area (Å²) in [5, 5.41) is 10.3. The molecule has 2 rings (SSSR count). The zero-order valence-corrected chi connectivity index (χ0v) is 12.5. The van der Waals surface area contributed by atoms with E-state index in [1.165, 1.54) is 17.2 Å². The fourth-order valence-electron chi connectivity index (χ4n) is 2.30. The number of aliphatic hydroxyl groups excluding tert-OH is 1. The fraction of sp³-hybridized carbons (Fsp3) is 0.250. The van der Waals surface area contributed by atoms with Crippen LogP contribution >= 0.6 is 15.9 Å². The summed E-state index contributed by atoms with van der Waals surface area (Å²) < 4.78 is 13.8. The van der Waals surface area contributed by atoms with Crippen molar-refractivity contribution < 1.29 is 9.50 Å². The van der Waals surface area contributed by atoms with Crippen molar-refractivity contribution in [2.45, 2.75) is 26.4 Å². The Labute approximate surface area is 121 Å². The largest absolute Gasteiger partial charge is 0.388 e. The van der Waals surface area contributed by atoms with Gasteiger partial charge in [0.25, 0.3) is 0 Å². The molecule has 0 amide bonds. The minimum Gasteiger partial charge on any atom is -0.388 e. The van der Waals surface area contributed by atoms with Crippen LogP contribution in [0.25, 0.3) is 0 Å². The van der Waals surface area contributed by atoms with Crippen LogP contribution in [-0.2, 0) is 6.42 Å². The van der Waals surface area contributed by atoms with Crippen molar-refractivity contribution in [3.63, 3.8) is 0 Å². The van der Waals surface area contributed by atoms with E-state index in [1.807, 2.05) is 26.0 Å². The van der Waals surface area contributed by atoms with Crippen LogP contribution in [0.3, 0.4) is 0 Å². The SMILES string of the molecule is Cc1cc(C)cc(CC(O)c2cccc(F)c2Br)c1. The smallest absolute Gasteiger partial charge is 0.137 e. The van der Waals surface area contributed by atoms with Crippen molar-refractivity contribution in [2.75, 3.05) is 0 Å². The molecule has 0 fully saturated rings. The molecule has 1 N–H and O–H groups in total. The van der Waals surface area contributed by atoms with Gasteiger partial charge in [0.1, 0.15) is 5.82 Å². The summed E-state index contributed by atoms with van der Waals surface area (Å²) in [4.78, 5) is 0. The molecule has 0 radical (unpaired) electrons. The Balaban J connectivity index is 2.25. The molecule has 1 nitrogen and oxygen atoms in total. The van der Waals surface area contributed by atoms with Crippen LogP contribution in [0.4, 0.5) is 4.39 Å². The zero-order chi connectivity index (χ0) is 14.0. The minimum atomic E-state index is -0.716. The van der Waals surface area contributed by atoms with E-state index in [0.717, 1.165) is 5.56 Å². The van der Waals surface area contributed by atoms with E-state index in [-0.39, 0.29) is 5.82 Å². The molecule has 0 aliphatic heterocycles. The average molecular weight is 323 g/mol. The maximum absolute atomic E-state index is 13.4. The molecule has 1 unspecified atom stereocenters. The van der Waals surface area contributed by atoms with Crippen molar-refractivity contribution in [3.8, 4) is 0 Å². The first kappa shape index (κ1) is 14.2. The van der Waals surface area contributed by atoms with Crippen LogP contribution in [0.1, 0.15) is 28.4 Å². The predicted molar refractivity (Wildman–Crippen MR) is 78.7 cm³/mol. The van der Waals surface area contributed by atoms with Gasteiger partial charge in [-0.1, -0.05) is 41.5 Å². The Morgan fingerprint density at radius 1 is 1.16 bits per heavy atom. The molecule has 3 heteroatoms. The normalized spacial score (nSPS) is 12.5. The van der Waals surface area contributed by atoms with Gasteiger partial charge < -0.3 is 5.11 Å². The van der Waals surface area contributed by atoms with E-state index in [9.17, 15) is 9.50 Å². The minimum absolute atomic E-state index is 0.340. The van der Waals surface area contributed by atoms with Crippen molar-refractivity contribution in [3.05, 3.63) is 68.9 Å². The van der Waals surface area contributed by atoms with Crippen LogP contribution in [0, 0.1) is 19.7 Å². The van der Waals surface area contributed by atoms with Crippen molar-refractivity contribution in [1.82, 2.24) is 0 Å². The molecule has 0 spiro atoms. The lowest BCUT2D eigenvalue weighted by molar-refractivity contribution is 0.177. The highest BCUT2D eigenvalue weighted by molar-refractivity contribution is 9.10. The molecule has 0 bridgehead atoms. The first-order valence-corrected chi connectivity index (χ1v) is 6.96. The summed E-state index contributed by atoms with van der Waals surface area (Å²) in [6.07, 6.45) is -0.240. The monoisotopic (exact) mass is 322 g/mol. The van der Waals surface area contributed by atoms with Gasteiger partial charge >= 0.3 is 0 Å². The highest BCUT2D eigenvalue weighted by Crippen LogP contribution is 2.28. The molecule has 1 atom stereocenters. The second-order valence-corrected chi connectivity index (χ2v) is 5.65. The maximum Gasteiger partial charge on any atom is 0.137 e. The van der Waals surface area contributed by atoms with Crippen LogP contribution in [0.15, 0.2) is 40.9 Å². The maximum atomic E-state index is 13.4. The Hall–Kier alpha value is -1.19. The van der Waals surface area contributed by atoms with Gasteiger partial charge in [0.15, 0.2) is 0 Å². The first-order chi connectivity index (χ1) is 8.97. The van der Waals surface area contributed by atoms with Crippen LogP contribution in [0.5, 0.6) is 0 Å². The molecule has 0 saturated heterocycles. The third kappa shape index (κ3) is 3.43. The lowest BCUT2D eigenvalue weighted by atomic mass is 9.98. The molecule has 0 aliphatic carbocycles. The third-order valence-corrected chi connectivity index (χ3v) is 3.89. The molecule has 0 heterocycles. The van der Waals surface area contributed by atoms with E-state index < -0.39 is 6.10 Å². The Kier molecular flexibility index (Phi) is 4.38. The van der Waals surface area contributed by atoms with E-state index in [0.29, 0.717) is 16.5 Å². The van der Waals surface area contributed by atoms with Gasteiger partial charge in [-0.3, -0.25) is 0 Å². The summed E-state index contributed by atoms with van der Waals surface area (Å²) in [5.74, 6) is -0.350. The molecule has 0 saturated carbocycles. The third-order valence-electron chi connectivity index (χ3n) is 3.05. The van der Waals surface area contributed by atoms with Gasteiger partial charge in [0, 0.05) is 6.42 Å². The van der Waals surface area contributed by atoms with E-state index in [2.05, 4.69) is 22.0 Å². The van der Waals surface area contributed by atoms with Crippen molar-refractivity contribution >= 4 is 15.9 Å². The summed E-state index contributed by atoms with van der Waals surface area (Å²) in [7, 11) is 0. The number of aliphatic hydroxyl groups is 1. The van der Waals surface area contributed by atoms with Gasteiger partial charge in [0.2, 0.25) is 0 Å². The number of aryl methyl sites for hydroxylation is 2. The lowest BCUT2D eigenvalue weighted by Crippen LogP contribution is -2.04. The van der Waals surface area contributed by atoms with Crippen LogP contribution in [-0.4, -0.2) is 5.11 Å². The highest BCUT2D eigenvalue weighted by Gasteiger charge is 2.14. The van der Waals surface area contributed by atoms with Gasteiger partial charge in [-0.15, -0.1) is 0 Å². The second kappa shape index (κ2) is 5.85. The lowest BCUT2D eigenvalue weighted by Gasteiger charge is -2.14. The summed E-state index contributed by atoms with van der Waals surface area (Å²) in [6, 6.07) is 10.9. The topological polar surface area (TPSA) is 20.2 Å². The quantitative estimate of drug-likeness (QED) is 0.883. The van der Waals surface area contributed by atoms with Crippen LogP contribution in [0.2, 0.25) is 0 Å². The molecule has 0 aliphatic rings. The Bertz CT molecular complexity index is 575. The molecule has 100 valence electrons. The number of hydrogen-bond donors (Lipinski definition) is 1. The second-order valence-electron chi connectivity index (χ2n) is 4.86. The standard InChI is InChI=1S/C16H16BrFO/c1-10-6-11(2)8-12(7-10)9-15(19)13-4-3-5-14(18)16(13)17/h3-8,15,19H,9H2,1-2H3. The average Bonchev–Trinajstić information content (AvgIpc) is 2.31. The van der Waals surface area contributed by atoms with E-state index in [1.54, 1.807) is 12.1 Å². The molecular formula is C16H16BrFO. The van der Waals surface area contributed by atoms with Gasteiger partial charge in [-0.25, -0.2) is 4.39 Å². The molecule has 2 aromatic carbocycles. The fourth-order valence-corrected chi connectivity index (χ4v) is 2.83. The van der Waals surface area contributed by atoms with E-state index >= 15 is 0 Å². The highest BCUT2D eigenvalue weighted by atomic mass is 79.9. The number of halogens is 2. The zero-order valence-electron chi connectivity index (χ0n) is 11.0. The molecule has 19 heavy (non-hydrogen) atoms. The Morgan fingerprint density at radius 3 is 2.42 bits per heavy atom. The summed E-state index contributed by atoms with van der Waals surface area (Å²) in [6.45, 7) is 4.06. The van der Waals surface area contributed by atoms with Crippen LogP contribution < -0.4 is 0 Å². The summed E-state index contributed by atoms with van der Waals surface area (Å²) in [5.41, 5.74) is 3.97. The van der Waals surface area contributed by atoms with Crippen molar-refractivity contribution in [2.24, 2.45) is 0 Å². The van der Waals surface area contributed by atoms with E-state index in [4.69, 9.17) is 0 Å². The van der Waals surface area contributed by atoms with Gasteiger partial charge in [-0.2, -0.15) is 0 Å². The first-order valence-electron chi connectivity index (χ1n) is 6.16. The summed E-state index contributed by atoms with van der Waals surface area (Å²) >= 11 is 3.19. The predicted octanol–water partition coefficient (Wildman–Crippen LogP) is 4.48. The van der Waals surface area contributed by atoms with Gasteiger partial charge in [0.05, 0.1) is 10.6 Å². The number of benzene rings is 2. The Morgan fingerprint density at radius 2 is 1.79 bits per heavy atom. The van der Waals surface area contributed by atoms with Gasteiger partial charge in [-0.05, 0) is 47.0 Å². The molecular weight excluding hydrogens is 307 g/mol. The number of hydrogen-bond acceptors (Lipinski definition) is 1. The molecule has 2 aromatic rings. The van der Waals surface area contributed by atoms with Crippen molar-refractivity contribution in [1.29, 1.82) is 0 Å².